The van der Waals surface area contributed by atoms with Gasteiger partial charge in [0.2, 0.25) is 0 Å². The van der Waals surface area contributed by atoms with Gasteiger partial charge in [0.25, 0.3) is 5.91 Å². The third kappa shape index (κ3) is 4.20. The molecule has 0 bridgehead atoms. The largest absolute Gasteiger partial charge is 0.481 e. The van der Waals surface area contributed by atoms with Crippen LogP contribution in [-0.4, -0.2) is 28.2 Å². The lowest BCUT2D eigenvalue weighted by molar-refractivity contribution is -0.136. The molecule has 5 nitrogen and oxygen atoms in total. The zero-order valence-electron chi connectivity index (χ0n) is 10.9. The maximum absolute atomic E-state index is 12.2. The van der Waals surface area contributed by atoms with Gasteiger partial charge < -0.3 is 5.11 Å². The SMILES string of the molecule is CSc1ccc(Cl)c(C(=O)Nc2nc(CC(=O)O)cs2)c1. The minimum absolute atomic E-state index is 0.172. The summed E-state index contributed by atoms with van der Waals surface area (Å²) in [6, 6.07) is 5.20. The Morgan fingerprint density at radius 2 is 2.24 bits per heavy atom. The van der Waals surface area contributed by atoms with Crippen molar-refractivity contribution >= 4 is 51.7 Å². The molecule has 110 valence electrons. The highest BCUT2D eigenvalue weighted by Crippen LogP contribution is 2.24. The molecule has 2 N–H and O–H groups in total. The highest BCUT2D eigenvalue weighted by atomic mass is 35.5. The van der Waals surface area contributed by atoms with Crippen LogP contribution in [0.4, 0.5) is 5.13 Å². The molecule has 0 radical (unpaired) electrons. The highest BCUT2D eigenvalue weighted by molar-refractivity contribution is 7.98. The first-order chi connectivity index (χ1) is 9.99. The quantitative estimate of drug-likeness (QED) is 0.814. The van der Waals surface area contributed by atoms with Gasteiger partial charge in [0, 0.05) is 10.3 Å². The highest BCUT2D eigenvalue weighted by Gasteiger charge is 2.14. The van der Waals surface area contributed by atoms with E-state index in [0.717, 1.165) is 4.90 Å². The zero-order chi connectivity index (χ0) is 15.4. The van der Waals surface area contributed by atoms with E-state index in [2.05, 4.69) is 10.3 Å². The molecule has 2 aromatic rings. The fourth-order valence-corrected chi connectivity index (χ4v) is 2.92. The molecule has 2 rings (SSSR count). The number of carboxylic acid groups (broad SMARTS) is 1. The lowest BCUT2D eigenvalue weighted by atomic mass is 10.2. The lowest BCUT2D eigenvalue weighted by Crippen LogP contribution is -2.12. The molecule has 0 aliphatic rings. The van der Waals surface area contributed by atoms with Gasteiger partial charge >= 0.3 is 5.97 Å². The van der Waals surface area contributed by atoms with Crippen LogP contribution in [0.1, 0.15) is 16.1 Å². The zero-order valence-corrected chi connectivity index (χ0v) is 13.3. The average Bonchev–Trinajstić information content (AvgIpc) is 2.85. The van der Waals surface area contributed by atoms with E-state index in [1.54, 1.807) is 17.5 Å². The molecule has 1 aromatic carbocycles. The second kappa shape index (κ2) is 6.93. The van der Waals surface area contributed by atoms with Gasteiger partial charge in [0.15, 0.2) is 5.13 Å². The number of aliphatic carboxylic acids is 1. The third-order valence-electron chi connectivity index (χ3n) is 2.52. The van der Waals surface area contributed by atoms with Crippen molar-refractivity contribution in [3.8, 4) is 0 Å². The number of thiazole rings is 1. The summed E-state index contributed by atoms with van der Waals surface area (Å²) in [6.07, 6.45) is 1.74. The number of halogens is 1. The van der Waals surface area contributed by atoms with Gasteiger partial charge in [0.05, 0.1) is 22.7 Å². The number of rotatable bonds is 5. The number of hydrogen-bond donors (Lipinski definition) is 2. The second-order valence-electron chi connectivity index (χ2n) is 4.01. The molecule has 0 saturated heterocycles. The van der Waals surface area contributed by atoms with Crippen molar-refractivity contribution < 1.29 is 14.7 Å². The van der Waals surface area contributed by atoms with Crippen LogP contribution < -0.4 is 5.32 Å². The maximum Gasteiger partial charge on any atom is 0.309 e. The molecule has 0 fully saturated rings. The van der Waals surface area contributed by atoms with Crippen molar-refractivity contribution in [2.45, 2.75) is 11.3 Å². The molecule has 0 unspecified atom stereocenters. The van der Waals surface area contributed by atoms with Crippen LogP contribution in [0.5, 0.6) is 0 Å². The van der Waals surface area contributed by atoms with Crippen LogP contribution >= 0.6 is 34.7 Å². The Kier molecular flexibility index (Phi) is 5.22. The second-order valence-corrected chi connectivity index (χ2v) is 6.16. The van der Waals surface area contributed by atoms with Crippen molar-refractivity contribution in [1.29, 1.82) is 0 Å². The Morgan fingerprint density at radius 1 is 1.48 bits per heavy atom. The number of hydrogen-bond acceptors (Lipinski definition) is 5. The van der Waals surface area contributed by atoms with E-state index >= 15 is 0 Å². The molecular weight excluding hydrogens is 332 g/mol. The van der Waals surface area contributed by atoms with Gasteiger partial charge in [-0.2, -0.15) is 0 Å². The van der Waals surface area contributed by atoms with Gasteiger partial charge in [-0.15, -0.1) is 23.1 Å². The van der Waals surface area contributed by atoms with E-state index in [4.69, 9.17) is 16.7 Å². The predicted octanol–water partition coefficient (Wildman–Crippen LogP) is 3.40. The molecule has 1 heterocycles. The van der Waals surface area contributed by atoms with E-state index in [0.29, 0.717) is 21.4 Å². The summed E-state index contributed by atoms with van der Waals surface area (Å²) in [6.45, 7) is 0. The lowest BCUT2D eigenvalue weighted by Gasteiger charge is -2.05. The predicted molar refractivity (Wildman–Crippen MR) is 84.6 cm³/mol. The standard InChI is InChI=1S/C13H11ClN2O3S2/c1-20-8-2-3-10(14)9(5-8)12(19)16-13-15-7(6-21-13)4-11(17)18/h2-3,5-6H,4H2,1H3,(H,17,18)(H,15,16,19). The normalized spacial score (nSPS) is 10.4. The Hall–Kier alpha value is -1.57. The molecule has 0 aliphatic heterocycles. The molecule has 8 heteroatoms. The molecular formula is C13H11ClN2O3S2. The van der Waals surface area contributed by atoms with Gasteiger partial charge in [-0.05, 0) is 24.5 Å². The summed E-state index contributed by atoms with van der Waals surface area (Å²) in [7, 11) is 0. The summed E-state index contributed by atoms with van der Waals surface area (Å²) >= 11 is 8.71. The third-order valence-corrected chi connectivity index (χ3v) is 4.38. The van der Waals surface area contributed by atoms with Crippen LogP contribution in [0.2, 0.25) is 5.02 Å². The minimum atomic E-state index is -0.964. The van der Waals surface area contributed by atoms with Crippen molar-refractivity contribution in [2.24, 2.45) is 0 Å². The molecule has 0 aliphatic carbocycles. The number of benzene rings is 1. The molecule has 0 spiro atoms. The Morgan fingerprint density at radius 3 is 2.90 bits per heavy atom. The number of thioether (sulfide) groups is 1. The molecule has 0 saturated carbocycles. The summed E-state index contributed by atoms with van der Waals surface area (Å²) in [5.74, 6) is -1.33. The number of carboxylic acids is 1. The monoisotopic (exact) mass is 342 g/mol. The molecule has 0 atom stereocenters. The topological polar surface area (TPSA) is 79.3 Å². The first-order valence-corrected chi connectivity index (χ1v) is 8.29. The first-order valence-electron chi connectivity index (χ1n) is 5.80. The number of carbonyl (C=O) groups is 2. The number of amides is 1. The van der Waals surface area contributed by atoms with Gasteiger partial charge in [-0.3, -0.25) is 14.9 Å². The van der Waals surface area contributed by atoms with Crippen molar-refractivity contribution in [1.82, 2.24) is 4.98 Å². The van der Waals surface area contributed by atoms with Gasteiger partial charge in [-0.1, -0.05) is 11.6 Å². The summed E-state index contributed by atoms with van der Waals surface area (Å²) in [4.78, 5) is 27.7. The van der Waals surface area contributed by atoms with Crippen molar-refractivity contribution in [3.05, 3.63) is 39.9 Å². The van der Waals surface area contributed by atoms with Crippen LogP contribution in [0.25, 0.3) is 0 Å². The van der Waals surface area contributed by atoms with Crippen LogP contribution in [0.3, 0.4) is 0 Å². The van der Waals surface area contributed by atoms with E-state index in [-0.39, 0.29) is 12.3 Å². The van der Waals surface area contributed by atoms with Gasteiger partial charge in [0.1, 0.15) is 0 Å². The minimum Gasteiger partial charge on any atom is -0.481 e. The fourth-order valence-electron chi connectivity index (χ4n) is 1.57. The number of nitrogens with one attached hydrogen (secondary N) is 1. The number of aromatic nitrogens is 1. The Balaban J connectivity index is 2.14. The van der Waals surface area contributed by atoms with E-state index in [1.165, 1.54) is 23.1 Å². The molecule has 21 heavy (non-hydrogen) atoms. The summed E-state index contributed by atoms with van der Waals surface area (Å²) < 4.78 is 0. The summed E-state index contributed by atoms with van der Waals surface area (Å²) in [5, 5.41) is 13.6. The number of anilines is 1. The molecule has 1 amide bonds. The Bertz CT molecular complexity index is 688. The van der Waals surface area contributed by atoms with Crippen LogP contribution in [0, 0.1) is 0 Å². The average molecular weight is 343 g/mol. The van der Waals surface area contributed by atoms with Crippen molar-refractivity contribution in [3.63, 3.8) is 0 Å². The van der Waals surface area contributed by atoms with Gasteiger partial charge in [-0.25, -0.2) is 4.98 Å². The van der Waals surface area contributed by atoms with Crippen molar-refractivity contribution in [2.75, 3.05) is 11.6 Å². The fraction of sp³-hybridized carbons (Fsp3) is 0.154. The molecule has 1 aromatic heterocycles. The number of nitrogens with zero attached hydrogens (tertiary/aromatic N) is 1. The van der Waals surface area contributed by atoms with E-state index in [1.807, 2.05) is 12.3 Å². The summed E-state index contributed by atoms with van der Waals surface area (Å²) in [5.41, 5.74) is 0.769. The van der Waals surface area contributed by atoms with E-state index < -0.39 is 5.97 Å². The van der Waals surface area contributed by atoms with E-state index in [9.17, 15) is 9.59 Å². The first kappa shape index (κ1) is 15.8. The van der Waals surface area contributed by atoms with Crippen LogP contribution in [-0.2, 0) is 11.2 Å². The smallest absolute Gasteiger partial charge is 0.309 e. The number of carbonyl (C=O) groups excluding carboxylic acids is 1. The van der Waals surface area contributed by atoms with Crippen LogP contribution in [0.15, 0.2) is 28.5 Å². The Labute approximate surface area is 134 Å². The maximum atomic E-state index is 12.2.